The highest BCUT2D eigenvalue weighted by Gasteiger charge is 2.46. The number of carbonyl (C=O) groups is 15. The molecule has 0 aromatic heterocycles. The molecule has 0 radical (unpaired) electrons. The number of rotatable bonds is 24. The summed E-state index contributed by atoms with van der Waals surface area (Å²) < 4.78 is 0. The van der Waals surface area contributed by atoms with Crippen LogP contribution in [-0.2, 0) is 71.9 Å². The van der Waals surface area contributed by atoms with Crippen molar-refractivity contribution in [2.45, 2.75) is 200 Å². The highest BCUT2D eigenvalue weighted by atomic mass is 16.4. The number of hydrogen-bond acceptors (Lipinski definition) is 17. The summed E-state index contributed by atoms with van der Waals surface area (Å²) in [4.78, 5) is 206. The van der Waals surface area contributed by atoms with Crippen LogP contribution in [0.15, 0.2) is 12.2 Å². The van der Waals surface area contributed by atoms with Gasteiger partial charge in [0.1, 0.15) is 54.4 Å². The summed E-state index contributed by atoms with van der Waals surface area (Å²) in [6, 6.07) is -18.5. The molecule has 15 atom stereocenters. The van der Waals surface area contributed by atoms with Crippen LogP contribution in [0.25, 0.3) is 0 Å². The van der Waals surface area contributed by atoms with Crippen molar-refractivity contribution in [2.24, 2.45) is 41.2 Å². The highest BCUT2D eigenvalue weighted by molar-refractivity contribution is 6.01. The third kappa shape index (κ3) is 24.3. The number of nitrogens with one attached hydrogen (secondary N) is 10. The highest BCUT2D eigenvalue weighted by Crippen LogP contribution is 2.26. The topological polar surface area (TPSA) is 507 Å². The van der Waals surface area contributed by atoms with E-state index in [-0.39, 0.29) is 51.6 Å². The van der Waals surface area contributed by atoms with Crippen LogP contribution in [0, 0.1) is 35.5 Å². The Kier molecular flexibility index (Phi) is 31.8. The van der Waals surface area contributed by atoms with Crippen molar-refractivity contribution in [1.82, 2.24) is 58.1 Å². The number of carbonyl (C=O) groups excluding carboxylic acids is 11. The number of carboxylic acids is 4. The van der Waals surface area contributed by atoms with E-state index in [1.807, 2.05) is 22.0 Å². The normalized spacial score (nSPS) is 26.0. The molecule has 0 spiro atoms. The molecular weight excluding hydrogens is 1170 g/mol. The number of aliphatic hydroxyl groups excluding tert-OH is 1. The van der Waals surface area contributed by atoms with Crippen molar-refractivity contribution in [3.63, 3.8) is 0 Å². The molecule has 2 aliphatic heterocycles. The monoisotopic (exact) mass is 1260 g/mol. The Morgan fingerprint density at radius 2 is 1.22 bits per heavy atom. The smallest absolute Gasteiger partial charge is 0.335 e. The Balaban J connectivity index is 2.94. The van der Waals surface area contributed by atoms with Gasteiger partial charge in [0.15, 0.2) is 6.10 Å². The van der Waals surface area contributed by atoms with Gasteiger partial charge in [0.2, 0.25) is 65.0 Å². The van der Waals surface area contributed by atoms with Gasteiger partial charge in [-0.15, -0.1) is 0 Å². The molecule has 5 unspecified atom stereocenters. The van der Waals surface area contributed by atoms with Crippen LogP contribution in [0.3, 0.4) is 0 Å². The molecule has 17 N–H and O–H groups in total. The van der Waals surface area contributed by atoms with Gasteiger partial charge in [-0.25, -0.2) is 4.79 Å². The van der Waals surface area contributed by atoms with Crippen molar-refractivity contribution in [3.8, 4) is 0 Å². The van der Waals surface area contributed by atoms with Gasteiger partial charge in [0, 0.05) is 13.0 Å². The van der Waals surface area contributed by atoms with E-state index >= 15 is 0 Å². The first-order chi connectivity index (χ1) is 41.6. The number of hydrogen-bond donors (Lipinski definition) is 16. The molecule has 500 valence electrons. The van der Waals surface area contributed by atoms with Gasteiger partial charge in [-0.2, -0.15) is 0 Å². The molecule has 0 saturated carbocycles. The summed E-state index contributed by atoms with van der Waals surface area (Å²) in [5.41, 5.74) is 5.70. The van der Waals surface area contributed by atoms with E-state index in [0.717, 1.165) is 38.0 Å². The molecule has 32 nitrogen and oxygen atoms in total. The van der Waals surface area contributed by atoms with E-state index < -0.39 is 198 Å². The quantitative estimate of drug-likeness (QED) is 0.0332. The van der Waals surface area contributed by atoms with E-state index in [1.54, 1.807) is 13.0 Å². The number of amides is 11. The van der Waals surface area contributed by atoms with E-state index in [2.05, 4.69) is 51.1 Å². The number of fused-ring (bicyclic) bond motifs is 1. The summed E-state index contributed by atoms with van der Waals surface area (Å²) in [7, 11) is 0. The van der Waals surface area contributed by atoms with Crippen LogP contribution in [0.1, 0.15) is 133 Å². The third-order valence-electron chi connectivity index (χ3n) is 15.4. The number of unbranched alkanes of at least 4 members (excludes halogenated alkanes) is 1. The largest absolute Gasteiger partial charge is 0.481 e. The van der Waals surface area contributed by atoms with Crippen LogP contribution in [0.2, 0.25) is 0 Å². The summed E-state index contributed by atoms with van der Waals surface area (Å²) in [6.45, 7) is 14.0. The Bertz CT molecular complexity index is 2600. The number of carboxylic acid groups (broad SMARTS) is 4. The second-order valence-corrected chi connectivity index (χ2v) is 23.5. The molecule has 0 bridgehead atoms. The minimum absolute atomic E-state index is 0.0212. The SMILES string of the molecule is CCC(C)CC/C=C\CCC(=O)N[C@H](C(=O)N[C@@H]1C(=O)N[C@H](C(C)C)C(=O)N[C@@H](CCCCN)C(=O)N[C@@H](C(O)C(=O)O)C(=O)N[C@@H](CC(=O)O)C(=O)NCC(=O)N[C@H](C(C)C(=O)O)C(=O)N[C@@H](C(C)C)C(=O)N2C[C@H](C)C[C@H]2C(=O)NC1C)C(C)C(=O)O. The van der Waals surface area contributed by atoms with Crippen LogP contribution >= 0.6 is 0 Å². The molecule has 89 heavy (non-hydrogen) atoms. The molecule has 2 heterocycles. The Labute approximate surface area is 515 Å². The summed E-state index contributed by atoms with van der Waals surface area (Å²) in [5, 5.41) is 73.4. The lowest BCUT2D eigenvalue weighted by Gasteiger charge is -2.34. The number of aliphatic hydroxyl groups is 1. The maximum Gasteiger partial charge on any atom is 0.335 e. The number of aliphatic carboxylic acids is 4. The second-order valence-electron chi connectivity index (χ2n) is 23.5. The van der Waals surface area contributed by atoms with Gasteiger partial charge in [-0.1, -0.05) is 67.0 Å². The van der Waals surface area contributed by atoms with Gasteiger partial charge >= 0.3 is 23.9 Å². The van der Waals surface area contributed by atoms with Crippen LogP contribution in [0.4, 0.5) is 0 Å². The maximum atomic E-state index is 14.9. The first-order valence-corrected chi connectivity index (χ1v) is 29.8. The lowest BCUT2D eigenvalue weighted by atomic mass is 9.97. The zero-order valence-electron chi connectivity index (χ0n) is 52.0. The number of nitrogens with two attached hydrogens (primary N) is 1. The third-order valence-corrected chi connectivity index (χ3v) is 15.4. The van der Waals surface area contributed by atoms with Crippen LogP contribution < -0.4 is 58.9 Å². The van der Waals surface area contributed by atoms with Crippen molar-refractivity contribution in [1.29, 1.82) is 0 Å². The van der Waals surface area contributed by atoms with E-state index in [0.29, 0.717) is 5.92 Å². The first-order valence-electron chi connectivity index (χ1n) is 29.8. The minimum Gasteiger partial charge on any atom is -0.481 e. The van der Waals surface area contributed by atoms with Crippen molar-refractivity contribution in [3.05, 3.63) is 12.2 Å². The fourth-order valence-corrected chi connectivity index (χ4v) is 9.58. The average molecular weight is 1270 g/mol. The average Bonchev–Trinajstić information content (AvgIpc) is 2.39. The molecule has 0 aliphatic carbocycles. The molecular formula is C57H92N12O20. The lowest BCUT2D eigenvalue weighted by molar-refractivity contribution is -0.153. The van der Waals surface area contributed by atoms with Gasteiger partial charge < -0.3 is 89.3 Å². The van der Waals surface area contributed by atoms with E-state index in [9.17, 15) is 97.5 Å². The molecule has 11 amide bonds. The minimum atomic E-state index is -2.83. The molecule has 0 aromatic carbocycles. The lowest BCUT2D eigenvalue weighted by Crippen LogP contribution is -2.65. The summed E-state index contributed by atoms with van der Waals surface area (Å²) >= 11 is 0. The van der Waals surface area contributed by atoms with Gasteiger partial charge in [-0.3, -0.25) is 67.1 Å². The summed E-state index contributed by atoms with van der Waals surface area (Å²) in [6.07, 6.45) is 2.16. The van der Waals surface area contributed by atoms with Crippen molar-refractivity contribution in [2.75, 3.05) is 19.6 Å². The zero-order valence-corrected chi connectivity index (χ0v) is 52.0. The fourth-order valence-electron chi connectivity index (χ4n) is 9.58. The first kappa shape index (κ1) is 76.8. The zero-order chi connectivity index (χ0) is 67.7. The van der Waals surface area contributed by atoms with Gasteiger partial charge in [0.05, 0.1) is 30.8 Å². The Morgan fingerprint density at radius 3 is 1.79 bits per heavy atom. The molecule has 2 aliphatic rings. The van der Waals surface area contributed by atoms with Gasteiger partial charge in [-0.05, 0) is 95.9 Å². The van der Waals surface area contributed by atoms with Crippen LogP contribution in [-0.4, -0.2) is 205 Å². The molecule has 0 aromatic rings. The molecule has 2 rings (SSSR count). The standard InChI is InChI=1S/C57H92N12O20/c1-11-28(6)18-14-12-13-15-20-36(70)63-41(30(8)55(84)85)51(80)67-43-32(10)60-48(77)35-22-29(7)25-69(35)54(83)40(27(4)5)66-50(79)42(31(9)56(86)87)64-37(71)24-59-46(75)34(23-38(72)73)62-53(82)44(45(74)57(88)89)68-47(76)33(19-16-17-21-58)61-49(78)39(26(2)3)65-52(43)81/h12-13,26-35,39-45,74H,11,14-25,58H2,1-10H3,(H,59,75)(H,60,77)(H,61,78)(H,62,82)(H,63,70)(H,64,71)(H,65,81)(H,66,79)(H,67,80)(H,68,76)(H,72,73)(H,84,85)(H,86,87)(H,88,89)/b13-12-/t28?,29-,30?,31?,32?,33+,34+,35+,39-,40+,41+,42-,43+,44+,45?/m1/s1. The van der Waals surface area contributed by atoms with Gasteiger partial charge in [0.25, 0.3) is 0 Å². The number of nitrogens with zero attached hydrogens (tertiary/aromatic N) is 1. The van der Waals surface area contributed by atoms with E-state index in [1.165, 1.54) is 34.6 Å². The summed E-state index contributed by atoms with van der Waals surface area (Å²) in [5.74, 6) is -25.2. The Hall–Kier alpha value is -8.29. The molecule has 2 fully saturated rings. The number of allylic oxidation sites excluding steroid dienone is 2. The molecule has 2 saturated heterocycles. The second kappa shape index (κ2) is 36.9. The van der Waals surface area contributed by atoms with Crippen LogP contribution in [0.5, 0.6) is 0 Å². The van der Waals surface area contributed by atoms with Crippen molar-refractivity contribution < 1.29 is 97.5 Å². The van der Waals surface area contributed by atoms with Crippen molar-refractivity contribution >= 4 is 88.9 Å². The predicted octanol–water partition coefficient (Wildman–Crippen LogP) is -3.30. The predicted molar refractivity (Wildman–Crippen MR) is 314 cm³/mol. The molecule has 32 heteroatoms. The Morgan fingerprint density at radius 1 is 0.652 bits per heavy atom. The maximum absolute atomic E-state index is 14.9. The fraction of sp³-hybridized carbons (Fsp3) is 0.702. The van der Waals surface area contributed by atoms with E-state index in [4.69, 9.17) is 5.73 Å².